The lowest BCUT2D eigenvalue weighted by atomic mass is 11.3. The van der Waals surface area contributed by atoms with Crippen LogP contribution < -0.4 is 0 Å². The quantitative estimate of drug-likeness (QED) is 0.444. The molecule has 2 heteroatoms. The Morgan fingerprint density at radius 2 is 2.20 bits per heavy atom. The first-order chi connectivity index (χ1) is 2.27. The fourth-order valence-electron chi connectivity index (χ4n) is 0. The van der Waals surface area contributed by atoms with Crippen molar-refractivity contribution in [1.82, 2.24) is 0 Å². The summed E-state index contributed by atoms with van der Waals surface area (Å²) in [6, 6.07) is 0. The van der Waals surface area contributed by atoms with Gasteiger partial charge in [-0.05, 0) is 12.5 Å². The topological polar surface area (TPSA) is 17.1 Å². The van der Waals surface area contributed by atoms with E-state index in [4.69, 9.17) is 0 Å². The van der Waals surface area contributed by atoms with Gasteiger partial charge < -0.3 is 4.57 Å². The van der Waals surface area contributed by atoms with E-state index in [1.54, 1.807) is 6.66 Å². The van der Waals surface area contributed by atoms with E-state index in [2.05, 4.69) is 6.58 Å². The van der Waals surface area contributed by atoms with E-state index in [-0.39, 0.29) is 0 Å². The Labute approximate surface area is 32.5 Å². The van der Waals surface area contributed by atoms with Crippen LogP contribution in [-0.4, -0.2) is 6.66 Å². The Kier molecular flexibility index (Phi) is 2.21. The molecule has 1 atom stereocenters. The molecule has 0 aliphatic carbocycles. The van der Waals surface area contributed by atoms with Crippen LogP contribution in [0.15, 0.2) is 12.4 Å². The molecule has 0 saturated heterocycles. The molecule has 0 heterocycles. The van der Waals surface area contributed by atoms with Crippen LogP contribution in [0.1, 0.15) is 0 Å². The van der Waals surface area contributed by atoms with Crippen molar-refractivity contribution in [3.8, 4) is 0 Å². The van der Waals surface area contributed by atoms with Crippen LogP contribution in [0.5, 0.6) is 0 Å². The lowest BCUT2D eigenvalue weighted by molar-refractivity contribution is 0.596. The molecule has 0 saturated carbocycles. The van der Waals surface area contributed by atoms with E-state index in [1.165, 1.54) is 5.82 Å². The largest absolute Gasteiger partial charge is 0.323 e. The van der Waals surface area contributed by atoms with Gasteiger partial charge in [-0.25, -0.2) is 0 Å². The molecule has 0 bridgehead atoms. The summed E-state index contributed by atoms with van der Waals surface area (Å²) in [7, 11) is -1.36. The molecule has 0 aromatic heterocycles. The monoisotopic (exact) mass is 90.0 g/mol. The average Bonchev–Trinajstić information content (AvgIpc) is 1.38. The normalized spacial score (nSPS) is 13.8. The highest BCUT2D eigenvalue weighted by Crippen LogP contribution is 2.11. The van der Waals surface area contributed by atoms with Crippen LogP contribution in [0.25, 0.3) is 0 Å². The second kappa shape index (κ2) is 2.22. The smallest absolute Gasteiger partial charge is 0.0933 e. The lowest BCUT2D eigenvalue weighted by Crippen LogP contribution is -1.32. The molecule has 0 rings (SSSR count). The fraction of sp³-hybridized carbons (Fsp3) is 0.333. The van der Waals surface area contributed by atoms with Crippen molar-refractivity contribution < 1.29 is 4.57 Å². The second-order valence-corrected chi connectivity index (χ2v) is 2.44. The summed E-state index contributed by atoms with van der Waals surface area (Å²) in [6.45, 7) is 4.94. The van der Waals surface area contributed by atoms with Gasteiger partial charge in [-0.2, -0.15) is 0 Å². The summed E-state index contributed by atoms with van der Waals surface area (Å²) in [5.74, 6) is 1.46. The standard InChI is InChI=1S/C3H7OP/c1-3-5(2)4/h3,5H,1H2,2H3. The Balaban J connectivity index is 3.20. The highest BCUT2D eigenvalue weighted by molar-refractivity contribution is 7.47. The third kappa shape index (κ3) is 3.97. The Hall–Kier alpha value is -0.0300. The van der Waals surface area contributed by atoms with Crippen molar-refractivity contribution in [2.24, 2.45) is 0 Å². The molecule has 0 aromatic carbocycles. The van der Waals surface area contributed by atoms with Crippen molar-refractivity contribution in [2.45, 2.75) is 0 Å². The maximum atomic E-state index is 9.88. The van der Waals surface area contributed by atoms with Gasteiger partial charge in [0.25, 0.3) is 0 Å². The Bertz CT molecular complexity index is 57.9. The molecule has 5 heavy (non-hydrogen) atoms. The molecule has 0 amide bonds. The van der Waals surface area contributed by atoms with Crippen molar-refractivity contribution in [1.29, 1.82) is 0 Å². The van der Waals surface area contributed by atoms with Gasteiger partial charge in [-0.3, -0.25) is 0 Å². The minimum Gasteiger partial charge on any atom is -0.323 e. The van der Waals surface area contributed by atoms with Crippen LogP contribution in [0, 0.1) is 0 Å². The minimum atomic E-state index is -1.36. The zero-order valence-corrected chi connectivity index (χ0v) is 4.19. The van der Waals surface area contributed by atoms with Gasteiger partial charge in [0.1, 0.15) is 0 Å². The van der Waals surface area contributed by atoms with Crippen LogP contribution in [0.4, 0.5) is 0 Å². The number of rotatable bonds is 1. The molecule has 0 aliphatic rings. The summed E-state index contributed by atoms with van der Waals surface area (Å²) in [5, 5.41) is 0. The van der Waals surface area contributed by atoms with Gasteiger partial charge in [0.15, 0.2) is 0 Å². The molecule has 0 aliphatic heterocycles. The zero-order chi connectivity index (χ0) is 4.28. The van der Waals surface area contributed by atoms with Crippen molar-refractivity contribution in [3.05, 3.63) is 12.4 Å². The number of hydrogen-bond acceptors (Lipinski definition) is 1. The molecule has 0 radical (unpaired) electrons. The summed E-state index contributed by atoms with van der Waals surface area (Å²) in [4.78, 5) is 0. The first kappa shape index (κ1) is 4.97. The fourth-order valence-corrected chi connectivity index (χ4v) is 0. The van der Waals surface area contributed by atoms with E-state index >= 15 is 0 Å². The molecule has 1 unspecified atom stereocenters. The second-order valence-electron chi connectivity index (χ2n) is 0.815. The van der Waals surface area contributed by atoms with Crippen LogP contribution in [0.3, 0.4) is 0 Å². The van der Waals surface area contributed by atoms with Gasteiger partial charge in [-0.15, -0.1) is 0 Å². The summed E-state index contributed by atoms with van der Waals surface area (Å²) in [5.41, 5.74) is 0. The average molecular weight is 90.1 g/mol. The summed E-state index contributed by atoms with van der Waals surface area (Å²) in [6.07, 6.45) is 0. The van der Waals surface area contributed by atoms with Crippen molar-refractivity contribution in [3.63, 3.8) is 0 Å². The predicted octanol–water partition coefficient (Wildman–Crippen LogP) is 1.32. The highest BCUT2D eigenvalue weighted by Gasteiger charge is 1.66. The molecule has 0 spiro atoms. The molecule has 0 N–H and O–H groups in total. The summed E-state index contributed by atoms with van der Waals surface area (Å²) < 4.78 is 9.88. The molecule has 30 valence electrons. The first-order valence-electron chi connectivity index (χ1n) is 1.40. The molecule has 0 fully saturated rings. The van der Waals surface area contributed by atoms with Crippen LogP contribution in [0.2, 0.25) is 0 Å². The van der Waals surface area contributed by atoms with E-state index < -0.39 is 7.80 Å². The zero-order valence-electron chi connectivity index (χ0n) is 3.19. The van der Waals surface area contributed by atoms with Crippen molar-refractivity contribution >= 4 is 7.80 Å². The molecular weight excluding hydrogens is 83.0 g/mol. The molecular formula is C3H7OP. The van der Waals surface area contributed by atoms with Gasteiger partial charge in [0, 0.05) is 0 Å². The maximum Gasteiger partial charge on any atom is 0.0933 e. The van der Waals surface area contributed by atoms with Crippen molar-refractivity contribution in [2.75, 3.05) is 6.66 Å². The highest BCUT2D eigenvalue weighted by atomic mass is 31.1. The maximum absolute atomic E-state index is 9.88. The Morgan fingerprint density at radius 3 is 2.20 bits per heavy atom. The minimum absolute atomic E-state index is 1.36. The predicted molar refractivity (Wildman–Crippen MR) is 25.1 cm³/mol. The Morgan fingerprint density at radius 1 is 2.00 bits per heavy atom. The molecule has 0 aromatic rings. The van der Waals surface area contributed by atoms with Crippen LogP contribution in [-0.2, 0) is 4.57 Å². The van der Waals surface area contributed by atoms with Crippen LogP contribution >= 0.6 is 7.80 Å². The lowest BCUT2D eigenvalue weighted by Gasteiger charge is -1.66. The van der Waals surface area contributed by atoms with Gasteiger partial charge >= 0.3 is 0 Å². The van der Waals surface area contributed by atoms with Gasteiger partial charge in [0.05, 0.1) is 7.80 Å². The van der Waals surface area contributed by atoms with E-state index in [0.29, 0.717) is 0 Å². The summed E-state index contributed by atoms with van der Waals surface area (Å²) >= 11 is 0. The first-order valence-corrected chi connectivity index (χ1v) is 3.39. The third-order valence-corrected chi connectivity index (χ3v) is 0.862. The van der Waals surface area contributed by atoms with E-state index in [0.717, 1.165) is 0 Å². The number of hydrogen-bond donors (Lipinski definition) is 0. The van der Waals surface area contributed by atoms with E-state index in [1.807, 2.05) is 0 Å². The van der Waals surface area contributed by atoms with Gasteiger partial charge in [-0.1, -0.05) is 6.58 Å². The van der Waals surface area contributed by atoms with Gasteiger partial charge in [0.2, 0.25) is 0 Å². The molecule has 1 nitrogen and oxygen atoms in total. The SMILES string of the molecule is C=C[PH](C)=O. The van der Waals surface area contributed by atoms with E-state index in [9.17, 15) is 4.57 Å². The third-order valence-electron chi connectivity index (χ3n) is 0.287.